The number of hydrogen-bond donors (Lipinski definition) is 1. The fraction of sp³-hybridized carbons (Fsp3) is 0.333. The third-order valence-electron chi connectivity index (χ3n) is 2.90. The Balaban J connectivity index is 2.08. The van der Waals surface area contributed by atoms with Crippen molar-refractivity contribution < 1.29 is 9.53 Å². The quantitative estimate of drug-likeness (QED) is 0.855. The average Bonchev–Trinajstić information content (AvgIpc) is 2.82. The molecule has 1 aromatic carbocycles. The number of nitrogens with one attached hydrogen (secondary N) is 1. The van der Waals surface area contributed by atoms with E-state index in [-0.39, 0.29) is 12.4 Å². The largest absolute Gasteiger partial charge is 0.466 e. The zero-order valence-electron chi connectivity index (χ0n) is 11.9. The first-order valence-corrected chi connectivity index (χ1v) is 7.41. The second-order valence-corrected chi connectivity index (χ2v) is 5.38. The average molecular weight is 290 g/mol. The molecule has 0 atom stereocenters. The van der Waals surface area contributed by atoms with Gasteiger partial charge in [0.1, 0.15) is 0 Å². The zero-order chi connectivity index (χ0) is 14.5. The number of thiazole rings is 1. The number of benzene rings is 1. The van der Waals surface area contributed by atoms with Crippen LogP contribution in [0.25, 0.3) is 0 Å². The highest BCUT2D eigenvalue weighted by molar-refractivity contribution is 7.13. The standard InChI is InChI=1S/C15H18N2O2S/c1-4-19-13(18)8-12-9-20-15(16-12)17-14-10(2)6-5-7-11(14)3/h5-7,9H,4,8H2,1-3H3,(H,16,17). The number of rotatable bonds is 5. The molecule has 2 rings (SSSR count). The molecular formula is C15H18N2O2S. The van der Waals surface area contributed by atoms with Crippen molar-refractivity contribution in [3.8, 4) is 0 Å². The summed E-state index contributed by atoms with van der Waals surface area (Å²) in [5, 5.41) is 6.00. The van der Waals surface area contributed by atoms with Crippen LogP contribution in [-0.4, -0.2) is 17.6 Å². The van der Waals surface area contributed by atoms with E-state index < -0.39 is 0 Å². The molecular weight excluding hydrogens is 272 g/mol. The Bertz CT molecular complexity index is 587. The molecule has 0 spiro atoms. The van der Waals surface area contributed by atoms with Gasteiger partial charge in [0.05, 0.1) is 18.7 Å². The zero-order valence-corrected chi connectivity index (χ0v) is 12.7. The van der Waals surface area contributed by atoms with Gasteiger partial charge in [0, 0.05) is 11.1 Å². The summed E-state index contributed by atoms with van der Waals surface area (Å²) in [6, 6.07) is 6.15. The summed E-state index contributed by atoms with van der Waals surface area (Å²) >= 11 is 1.49. The number of anilines is 2. The SMILES string of the molecule is CCOC(=O)Cc1csc(Nc2c(C)cccc2C)n1. The number of carbonyl (C=O) groups excluding carboxylic acids is 1. The van der Waals surface area contributed by atoms with Crippen molar-refractivity contribution in [3.05, 3.63) is 40.4 Å². The monoisotopic (exact) mass is 290 g/mol. The van der Waals surface area contributed by atoms with Gasteiger partial charge in [0.2, 0.25) is 0 Å². The summed E-state index contributed by atoms with van der Waals surface area (Å²) in [7, 11) is 0. The molecule has 1 heterocycles. The van der Waals surface area contributed by atoms with Crippen LogP contribution < -0.4 is 5.32 Å². The minimum atomic E-state index is -0.239. The second-order valence-electron chi connectivity index (χ2n) is 4.52. The normalized spacial score (nSPS) is 10.3. The van der Waals surface area contributed by atoms with Gasteiger partial charge in [-0.25, -0.2) is 4.98 Å². The van der Waals surface area contributed by atoms with Crippen LogP contribution in [0.2, 0.25) is 0 Å². The van der Waals surface area contributed by atoms with Crippen LogP contribution in [0.3, 0.4) is 0 Å². The van der Waals surface area contributed by atoms with Gasteiger partial charge in [0.15, 0.2) is 5.13 Å². The molecule has 4 nitrogen and oxygen atoms in total. The van der Waals surface area contributed by atoms with E-state index in [1.807, 2.05) is 11.4 Å². The summed E-state index contributed by atoms with van der Waals surface area (Å²) in [6.45, 7) is 6.31. The molecule has 0 aliphatic heterocycles. The van der Waals surface area contributed by atoms with Crippen molar-refractivity contribution >= 4 is 28.1 Å². The van der Waals surface area contributed by atoms with Crippen molar-refractivity contribution in [2.75, 3.05) is 11.9 Å². The van der Waals surface area contributed by atoms with Crippen LogP contribution in [-0.2, 0) is 16.0 Å². The Morgan fingerprint density at radius 2 is 2.05 bits per heavy atom. The Hall–Kier alpha value is -1.88. The number of para-hydroxylation sites is 1. The summed E-state index contributed by atoms with van der Waals surface area (Å²) in [4.78, 5) is 15.8. The van der Waals surface area contributed by atoms with Crippen molar-refractivity contribution in [1.82, 2.24) is 4.98 Å². The molecule has 0 bridgehead atoms. The highest BCUT2D eigenvalue weighted by Gasteiger charge is 2.10. The molecule has 0 radical (unpaired) electrons. The number of carbonyl (C=O) groups is 1. The first-order chi connectivity index (χ1) is 9.60. The summed E-state index contributed by atoms with van der Waals surface area (Å²) in [6.07, 6.45) is 0.221. The summed E-state index contributed by atoms with van der Waals surface area (Å²) in [5.41, 5.74) is 4.16. The number of esters is 1. The van der Waals surface area contributed by atoms with Gasteiger partial charge >= 0.3 is 5.97 Å². The molecule has 0 saturated heterocycles. The molecule has 2 aromatic rings. The maximum absolute atomic E-state index is 11.4. The second kappa shape index (κ2) is 6.52. The van der Waals surface area contributed by atoms with E-state index in [1.54, 1.807) is 6.92 Å². The van der Waals surface area contributed by atoms with Gasteiger partial charge < -0.3 is 10.1 Å². The smallest absolute Gasteiger partial charge is 0.311 e. The van der Waals surface area contributed by atoms with E-state index in [2.05, 4.69) is 36.3 Å². The lowest BCUT2D eigenvalue weighted by Crippen LogP contribution is -2.07. The lowest BCUT2D eigenvalue weighted by molar-refractivity contribution is -0.142. The number of hydrogen-bond acceptors (Lipinski definition) is 5. The third kappa shape index (κ3) is 3.57. The van der Waals surface area contributed by atoms with Gasteiger partial charge in [-0.3, -0.25) is 4.79 Å². The Labute approximate surface area is 122 Å². The minimum Gasteiger partial charge on any atom is -0.466 e. The van der Waals surface area contributed by atoms with Crippen LogP contribution in [0.4, 0.5) is 10.8 Å². The molecule has 0 unspecified atom stereocenters. The fourth-order valence-corrected chi connectivity index (χ4v) is 2.64. The fourth-order valence-electron chi connectivity index (χ4n) is 1.92. The van der Waals surface area contributed by atoms with Crippen LogP contribution in [0.15, 0.2) is 23.6 Å². The molecule has 20 heavy (non-hydrogen) atoms. The molecule has 0 amide bonds. The van der Waals surface area contributed by atoms with E-state index in [4.69, 9.17) is 4.74 Å². The van der Waals surface area contributed by atoms with Gasteiger partial charge in [-0.2, -0.15) is 0 Å². The van der Waals surface area contributed by atoms with Gasteiger partial charge in [-0.15, -0.1) is 11.3 Å². The first-order valence-electron chi connectivity index (χ1n) is 6.53. The lowest BCUT2D eigenvalue weighted by atomic mass is 10.1. The molecule has 0 fully saturated rings. The number of ether oxygens (including phenoxy) is 1. The molecule has 0 aliphatic carbocycles. The van der Waals surface area contributed by atoms with Crippen LogP contribution in [0.1, 0.15) is 23.7 Å². The van der Waals surface area contributed by atoms with Crippen molar-refractivity contribution in [2.45, 2.75) is 27.2 Å². The number of aryl methyl sites for hydroxylation is 2. The van der Waals surface area contributed by atoms with Crippen LogP contribution in [0.5, 0.6) is 0 Å². The Kier molecular flexibility index (Phi) is 4.74. The maximum Gasteiger partial charge on any atom is 0.311 e. The van der Waals surface area contributed by atoms with E-state index in [0.29, 0.717) is 6.61 Å². The Morgan fingerprint density at radius 1 is 1.35 bits per heavy atom. The predicted molar refractivity (Wildman–Crippen MR) is 81.6 cm³/mol. The maximum atomic E-state index is 11.4. The van der Waals surface area contributed by atoms with Gasteiger partial charge in [-0.05, 0) is 31.9 Å². The summed E-state index contributed by atoms with van der Waals surface area (Å²) < 4.78 is 4.92. The number of nitrogens with zero attached hydrogens (tertiary/aromatic N) is 1. The molecule has 1 aromatic heterocycles. The molecule has 0 saturated carbocycles. The van der Waals surface area contributed by atoms with Crippen molar-refractivity contribution in [3.63, 3.8) is 0 Å². The molecule has 1 N–H and O–H groups in total. The highest BCUT2D eigenvalue weighted by Crippen LogP contribution is 2.26. The molecule has 5 heteroatoms. The predicted octanol–water partition coefficient (Wildman–Crippen LogP) is 3.61. The minimum absolute atomic E-state index is 0.221. The van der Waals surface area contributed by atoms with Crippen molar-refractivity contribution in [2.24, 2.45) is 0 Å². The third-order valence-corrected chi connectivity index (χ3v) is 3.70. The molecule has 0 aliphatic rings. The van der Waals surface area contributed by atoms with Gasteiger partial charge in [-0.1, -0.05) is 18.2 Å². The molecule has 106 valence electrons. The topological polar surface area (TPSA) is 51.2 Å². The van der Waals surface area contributed by atoms with Crippen LogP contribution >= 0.6 is 11.3 Å². The highest BCUT2D eigenvalue weighted by atomic mass is 32.1. The van der Waals surface area contributed by atoms with E-state index >= 15 is 0 Å². The lowest BCUT2D eigenvalue weighted by Gasteiger charge is -2.09. The summed E-state index contributed by atoms with van der Waals surface area (Å²) in [5.74, 6) is -0.239. The van der Waals surface area contributed by atoms with E-state index in [9.17, 15) is 4.79 Å². The van der Waals surface area contributed by atoms with Gasteiger partial charge in [0.25, 0.3) is 0 Å². The first kappa shape index (κ1) is 14.5. The van der Waals surface area contributed by atoms with Crippen molar-refractivity contribution in [1.29, 1.82) is 0 Å². The number of aromatic nitrogens is 1. The Morgan fingerprint density at radius 3 is 2.70 bits per heavy atom. The van der Waals surface area contributed by atoms with E-state index in [0.717, 1.165) is 16.5 Å². The van der Waals surface area contributed by atoms with E-state index in [1.165, 1.54) is 22.5 Å². The van der Waals surface area contributed by atoms with Crippen LogP contribution in [0, 0.1) is 13.8 Å².